The second-order valence-electron chi connectivity index (χ2n) is 2.18. The fourth-order valence-corrected chi connectivity index (χ4v) is 1.54. The van der Waals surface area contributed by atoms with E-state index >= 15 is 0 Å². The normalized spacial score (nSPS) is 11.6. The zero-order valence-electron chi connectivity index (χ0n) is 6.08. The number of nitrogens with zero attached hydrogens (tertiary/aromatic N) is 1. The minimum Gasteiger partial charge on any atom is -0.259 e. The van der Waals surface area contributed by atoms with Crippen molar-refractivity contribution < 1.29 is 8.42 Å². The Morgan fingerprint density at radius 2 is 2.08 bits per heavy atom. The third-order valence-corrected chi connectivity index (χ3v) is 2.99. The van der Waals surface area contributed by atoms with Gasteiger partial charge in [0.1, 0.15) is 4.90 Å². The van der Waals surface area contributed by atoms with Gasteiger partial charge in [0.05, 0.1) is 10.7 Å². The van der Waals surface area contributed by atoms with Crippen LogP contribution in [0.5, 0.6) is 0 Å². The SMILES string of the molecule is Cc1ncc(S(=O)(=O)Cl)cc1Cl. The summed E-state index contributed by atoms with van der Waals surface area (Å²) in [6.45, 7) is 1.67. The van der Waals surface area contributed by atoms with E-state index in [1.807, 2.05) is 0 Å². The van der Waals surface area contributed by atoms with Crippen molar-refractivity contribution in [3.63, 3.8) is 0 Å². The maximum Gasteiger partial charge on any atom is 0.262 e. The van der Waals surface area contributed by atoms with Crippen LogP contribution in [-0.2, 0) is 9.05 Å². The average molecular weight is 226 g/mol. The van der Waals surface area contributed by atoms with Crippen molar-refractivity contribution in [1.82, 2.24) is 4.98 Å². The molecule has 0 aliphatic heterocycles. The van der Waals surface area contributed by atoms with E-state index in [1.165, 1.54) is 12.3 Å². The van der Waals surface area contributed by atoms with Gasteiger partial charge in [0.2, 0.25) is 0 Å². The highest BCUT2D eigenvalue weighted by molar-refractivity contribution is 8.13. The zero-order valence-corrected chi connectivity index (χ0v) is 8.41. The van der Waals surface area contributed by atoms with Gasteiger partial charge in [-0.1, -0.05) is 11.6 Å². The molecule has 6 heteroatoms. The minimum absolute atomic E-state index is 0.0835. The minimum atomic E-state index is -3.72. The molecule has 0 aromatic carbocycles. The number of hydrogen-bond donors (Lipinski definition) is 0. The van der Waals surface area contributed by atoms with Gasteiger partial charge < -0.3 is 0 Å². The fraction of sp³-hybridized carbons (Fsp3) is 0.167. The summed E-state index contributed by atoms with van der Waals surface area (Å²) >= 11 is 5.63. The van der Waals surface area contributed by atoms with Gasteiger partial charge in [-0.25, -0.2) is 8.42 Å². The van der Waals surface area contributed by atoms with Gasteiger partial charge in [-0.15, -0.1) is 0 Å². The molecule has 0 bridgehead atoms. The van der Waals surface area contributed by atoms with Gasteiger partial charge in [-0.05, 0) is 13.0 Å². The molecule has 1 aromatic heterocycles. The lowest BCUT2D eigenvalue weighted by Crippen LogP contribution is -1.93. The molecule has 0 radical (unpaired) electrons. The number of halogens is 2. The predicted octanol–water partition coefficient (Wildman–Crippen LogP) is 1.97. The first-order valence-corrected chi connectivity index (χ1v) is 5.67. The molecule has 0 saturated heterocycles. The summed E-state index contributed by atoms with van der Waals surface area (Å²) in [5.41, 5.74) is 0.570. The van der Waals surface area contributed by atoms with E-state index in [2.05, 4.69) is 4.98 Å². The van der Waals surface area contributed by atoms with Crippen LogP contribution in [0.4, 0.5) is 0 Å². The second-order valence-corrected chi connectivity index (χ2v) is 5.15. The second kappa shape index (κ2) is 3.20. The van der Waals surface area contributed by atoms with Crippen molar-refractivity contribution >= 4 is 31.3 Å². The van der Waals surface area contributed by atoms with Gasteiger partial charge in [-0.3, -0.25) is 4.98 Å². The van der Waals surface area contributed by atoms with Crippen LogP contribution in [0, 0.1) is 6.92 Å². The smallest absolute Gasteiger partial charge is 0.259 e. The van der Waals surface area contributed by atoms with Crippen molar-refractivity contribution in [1.29, 1.82) is 0 Å². The molecule has 12 heavy (non-hydrogen) atoms. The summed E-state index contributed by atoms with van der Waals surface area (Å²) in [5.74, 6) is 0. The number of aromatic nitrogens is 1. The quantitative estimate of drug-likeness (QED) is 0.687. The van der Waals surface area contributed by atoms with Crippen LogP contribution in [0.15, 0.2) is 17.2 Å². The Morgan fingerprint density at radius 3 is 2.50 bits per heavy atom. The Hall–Kier alpha value is -0.320. The molecule has 0 unspecified atom stereocenters. The molecule has 0 fully saturated rings. The Bertz CT molecular complexity index is 402. The summed E-state index contributed by atoms with van der Waals surface area (Å²) in [4.78, 5) is 3.67. The van der Waals surface area contributed by atoms with E-state index in [-0.39, 0.29) is 9.92 Å². The highest BCUT2D eigenvalue weighted by Crippen LogP contribution is 2.19. The van der Waals surface area contributed by atoms with Gasteiger partial charge in [0, 0.05) is 16.9 Å². The maximum atomic E-state index is 10.8. The largest absolute Gasteiger partial charge is 0.262 e. The van der Waals surface area contributed by atoms with E-state index in [0.29, 0.717) is 5.69 Å². The van der Waals surface area contributed by atoms with Gasteiger partial charge in [0.15, 0.2) is 0 Å². The monoisotopic (exact) mass is 225 g/mol. The number of pyridine rings is 1. The number of aryl methyl sites for hydroxylation is 1. The Labute approximate surface area is 79.8 Å². The summed E-state index contributed by atoms with van der Waals surface area (Å²) in [6, 6.07) is 1.27. The summed E-state index contributed by atoms with van der Waals surface area (Å²) < 4.78 is 21.5. The van der Waals surface area contributed by atoms with Crippen molar-refractivity contribution in [2.24, 2.45) is 0 Å². The van der Waals surface area contributed by atoms with E-state index < -0.39 is 9.05 Å². The van der Waals surface area contributed by atoms with Crippen molar-refractivity contribution in [2.45, 2.75) is 11.8 Å². The maximum absolute atomic E-state index is 10.8. The van der Waals surface area contributed by atoms with Gasteiger partial charge in [-0.2, -0.15) is 0 Å². The lowest BCUT2D eigenvalue weighted by molar-refractivity contribution is 0.609. The topological polar surface area (TPSA) is 47.0 Å². The van der Waals surface area contributed by atoms with Crippen LogP contribution >= 0.6 is 22.3 Å². The zero-order chi connectivity index (χ0) is 9.35. The van der Waals surface area contributed by atoms with Crippen LogP contribution in [-0.4, -0.2) is 13.4 Å². The lowest BCUT2D eigenvalue weighted by Gasteiger charge is -1.98. The van der Waals surface area contributed by atoms with E-state index in [1.54, 1.807) is 6.92 Å². The Kier molecular flexibility index (Phi) is 2.61. The molecule has 0 saturated carbocycles. The van der Waals surface area contributed by atoms with Crippen LogP contribution in [0.1, 0.15) is 5.69 Å². The van der Waals surface area contributed by atoms with Crippen LogP contribution in [0.2, 0.25) is 5.02 Å². The first-order chi connectivity index (χ1) is 5.41. The summed E-state index contributed by atoms with van der Waals surface area (Å²) in [7, 11) is 1.34. The van der Waals surface area contributed by atoms with Crippen LogP contribution in [0.3, 0.4) is 0 Å². The molecule has 1 rings (SSSR count). The number of rotatable bonds is 1. The standard InChI is InChI=1S/C6H5Cl2NO2S/c1-4-6(7)2-5(3-9-4)12(8,10)11/h2-3H,1H3. The van der Waals surface area contributed by atoms with E-state index in [0.717, 1.165) is 0 Å². The van der Waals surface area contributed by atoms with E-state index in [9.17, 15) is 8.42 Å². The molecular weight excluding hydrogens is 221 g/mol. The molecule has 0 atom stereocenters. The third-order valence-electron chi connectivity index (χ3n) is 1.28. The molecule has 0 amide bonds. The van der Waals surface area contributed by atoms with Crippen LogP contribution < -0.4 is 0 Å². The van der Waals surface area contributed by atoms with Crippen LogP contribution in [0.25, 0.3) is 0 Å². The Balaban J connectivity index is 3.33. The average Bonchev–Trinajstić information content (AvgIpc) is 1.92. The predicted molar refractivity (Wildman–Crippen MR) is 47.0 cm³/mol. The molecule has 1 aromatic rings. The third kappa shape index (κ3) is 2.09. The van der Waals surface area contributed by atoms with Crippen molar-refractivity contribution in [3.8, 4) is 0 Å². The molecule has 0 aliphatic carbocycles. The summed E-state index contributed by atoms with van der Waals surface area (Å²) in [5, 5.41) is 0.289. The van der Waals surface area contributed by atoms with Gasteiger partial charge in [0.25, 0.3) is 9.05 Å². The molecule has 1 heterocycles. The molecule has 3 nitrogen and oxygen atoms in total. The molecule has 0 spiro atoms. The Morgan fingerprint density at radius 1 is 1.50 bits per heavy atom. The lowest BCUT2D eigenvalue weighted by atomic mass is 10.4. The number of hydrogen-bond acceptors (Lipinski definition) is 3. The first-order valence-electron chi connectivity index (χ1n) is 2.98. The molecule has 0 N–H and O–H groups in total. The summed E-state index contributed by atoms with van der Waals surface area (Å²) in [6.07, 6.45) is 1.17. The highest BCUT2D eigenvalue weighted by atomic mass is 35.7. The molecule has 66 valence electrons. The molecular formula is C6H5Cl2NO2S. The molecule has 0 aliphatic rings. The van der Waals surface area contributed by atoms with E-state index in [4.69, 9.17) is 22.3 Å². The van der Waals surface area contributed by atoms with Gasteiger partial charge >= 0.3 is 0 Å². The van der Waals surface area contributed by atoms with Crippen molar-refractivity contribution in [2.75, 3.05) is 0 Å². The van der Waals surface area contributed by atoms with Crippen molar-refractivity contribution in [3.05, 3.63) is 23.0 Å². The first kappa shape index (κ1) is 9.77. The highest BCUT2D eigenvalue weighted by Gasteiger charge is 2.11. The fourth-order valence-electron chi connectivity index (χ4n) is 0.622.